The fourth-order valence-electron chi connectivity index (χ4n) is 1.98. The van der Waals surface area contributed by atoms with E-state index >= 15 is 0 Å². The van der Waals surface area contributed by atoms with Crippen LogP contribution in [0.2, 0.25) is 0 Å². The third kappa shape index (κ3) is 4.78. The minimum atomic E-state index is -0.110. The van der Waals surface area contributed by atoms with E-state index in [0.29, 0.717) is 0 Å². The van der Waals surface area contributed by atoms with Gasteiger partial charge in [-0.05, 0) is 13.8 Å². The maximum Gasteiger partial charge on any atom is 0.0558 e. The largest absolute Gasteiger partial charge is 0.395 e. The lowest BCUT2D eigenvalue weighted by atomic mass is 10.1. The van der Waals surface area contributed by atoms with Crippen molar-refractivity contribution in [3.05, 3.63) is 4.91 Å². The second-order valence-electron chi connectivity index (χ2n) is 4.77. The van der Waals surface area contributed by atoms with E-state index in [2.05, 4.69) is 14.4 Å². The molecule has 0 bridgehead atoms. The number of β-amino-alcohol motifs (C(OH)–C–C–N with tert-alkyl or cyclic N) is 1. The van der Waals surface area contributed by atoms with Gasteiger partial charge in [-0.1, -0.05) is 0 Å². The first-order valence-electron chi connectivity index (χ1n) is 5.64. The summed E-state index contributed by atoms with van der Waals surface area (Å²) in [5.41, 5.74) is 0. The molecular formula is C10H21N3O2S. The van der Waals surface area contributed by atoms with Crippen LogP contribution in [-0.2, 0) is 0 Å². The van der Waals surface area contributed by atoms with Gasteiger partial charge >= 0.3 is 0 Å². The second-order valence-corrected chi connectivity index (χ2v) is 6.20. The van der Waals surface area contributed by atoms with Crippen molar-refractivity contribution >= 4 is 11.9 Å². The lowest BCUT2D eigenvalue weighted by Crippen LogP contribution is -2.50. The summed E-state index contributed by atoms with van der Waals surface area (Å²) < 4.78 is 2.80. The van der Waals surface area contributed by atoms with E-state index in [0.717, 1.165) is 51.2 Å². The molecule has 1 fully saturated rings. The normalized spacial score (nSPS) is 19.9. The van der Waals surface area contributed by atoms with Crippen LogP contribution in [0.15, 0.2) is 4.58 Å². The Balaban J connectivity index is 2.28. The highest BCUT2D eigenvalue weighted by atomic mass is 32.2. The quantitative estimate of drug-likeness (QED) is 0.555. The zero-order valence-electron chi connectivity index (χ0n) is 10.1. The summed E-state index contributed by atoms with van der Waals surface area (Å²) in [4.78, 5) is 14.9. The number of nitroso groups, excluding NO2 is 1. The third-order valence-electron chi connectivity index (χ3n) is 2.77. The molecule has 1 N–H and O–H groups in total. The van der Waals surface area contributed by atoms with Gasteiger partial charge in [-0.3, -0.25) is 9.80 Å². The van der Waals surface area contributed by atoms with Crippen LogP contribution in [-0.4, -0.2) is 65.5 Å². The minimum absolute atomic E-state index is 0.110. The summed E-state index contributed by atoms with van der Waals surface area (Å²) in [5, 5.41) is 8.84. The minimum Gasteiger partial charge on any atom is -0.395 e. The molecule has 94 valence electrons. The molecule has 0 aromatic carbocycles. The molecule has 1 saturated heterocycles. The lowest BCUT2D eigenvalue weighted by Gasteiger charge is -2.37. The molecule has 0 aromatic heterocycles. The van der Waals surface area contributed by atoms with Gasteiger partial charge in [-0.2, -0.15) is 0 Å². The highest BCUT2D eigenvalue weighted by Gasteiger charge is 2.25. The van der Waals surface area contributed by atoms with Crippen molar-refractivity contribution in [1.29, 1.82) is 0 Å². The molecule has 0 saturated carbocycles. The third-order valence-corrected chi connectivity index (χ3v) is 3.47. The van der Waals surface area contributed by atoms with Crippen molar-refractivity contribution in [3.8, 4) is 0 Å². The van der Waals surface area contributed by atoms with Crippen LogP contribution >= 0.6 is 11.9 Å². The topological polar surface area (TPSA) is 56.1 Å². The Morgan fingerprint density at radius 3 is 2.31 bits per heavy atom. The maximum atomic E-state index is 10.3. The molecule has 16 heavy (non-hydrogen) atoms. The van der Waals surface area contributed by atoms with Crippen molar-refractivity contribution < 1.29 is 5.11 Å². The Labute approximate surface area is 101 Å². The van der Waals surface area contributed by atoms with Crippen LogP contribution in [0.1, 0.15) is 13.8 Å². The van der Waals surface area contributed by atoms with Crippen LogP contribution < -0.4 is 0 Å². The first kappa shape index (κ1) is 13.9. The number of hydrogen-bond donors (Lipinski definition) is 1. The molecule has 0 unspecified atom stereocenters. The molecule has 6 heteroatoms. The second kappa shape index (κ2) is 6.54. The predicted octanol–water partition coefficient (Wildman–Crippen LogP) is 0.790. The van der Waals surface area contributed by atoms with E-state index in [1.807, 2.05) is 13.8 Å². The van der Waals surface area contributed by atoms with Gasteiger partial charge < -0.3 is 5.11 Å². The van der Waals surface area contributed by atoms with Crippen LogP contribution in [0.4, 0.5) is 0 Å². The van der Waals surface area contributed by atoms with Crippen LogP contribution in [0.5, 0.6) is 0 Å². The number of rotatable bonds is 6. The van der Waals surface area contributed by atoms with Crippen LogP contribution in [0, 0.1) is 4.91 Å². The van der Waals surface area contributed by atoms with E-state index in [1.165, 1.54) is 0 Å². The summed E-state index contributed by atoms with van der Waals surface area (Å²) in [7, 11) is 0. The van der Waals surface area contributed by atoms with Gasteiger partial charge in [0.1, 0.15) is 0 Å². The zero-order chi connectivity index (χ0) is 12.0. The molecule has 1 aliphatic heterocycles. The molecule has 0 radical (unpaired) electrons. The van der Waals surface area contributed by atoms with Gasteiger partial charge in [-0.15, -0.1) is 4.91 Å². The summed E-state index contributed by atoms with van der Waals surface area (Å²) >= 11 is 1.11. The molecule has 5 nitrogen and oxygen atoms in total. The molecule has 0 aliphatic carbocycles. The number of nitrogens with zero attached hydrogens (tertiary/aromatic N) is 3. The first-order valence-corrected chi connectivity index (χ1v) is 6.41. The van der Waals surface area contributed by atoms with Gasteiger partial charge in [0.25, 0.3) is 0 Å². The predicted molar refractivity (Wildman–Crippen MR) is 67.4 cm³/mol. The smallest absolute Gasteiger partial charge is 0.0558 e. The van der Waals surface area contributed by atoms with E-state index in [1.54, 1.807) is 0 Å². The van der Waals surface area contributed by atoms with Gasteiger partial charge in [0.15, 0.2) is 0 Å². The highest BCUT2D eigenvalue weighted by Crippen LogP contribution is 2.26. The molecule has 1 rings (SSSR count). The Bertz CT molecular complexity index is 218. The first-order chi connectivity index (χ1) is 7.57. The van der Waals surface area contributed by atoms with Crippen molar-refractivity contribution in [1.82, 2.24) is 9.80 Å². The van der Waals surface area contributed by atoms with Crippen molar-refractivity contribution in [2.75, 3.05) is 45.9 Å². The maximum absolute atomic E-state index is 10.3. The molecule has 0 spiro atoms. The number of aliphatic hydroxyl groups excluding tert-OH is 1. The average molecular weight is 247 g/mol. The highest BCUT2D eigenvalue weighted by molar-refractivity contribution is 7.99. The Hall–Kier alpha value is -0.170. The fourth-order valence-corrected chi connectivity index (χ4v) is 2.42. The summed E-state index contributed by atoms with van der Waals surface area (Å²) in [6, 6.07) is 0. The zero-order valence-corrected chi connectivity index (χ0v) is 10.9. The molecule has 1 aliphatic rings. The molecular weight excluding hydrogens is 226 g/mol. The Morgan fingerprint density at radius 2 is 1.81 bits per heavy atom. The molecule has 0 atom stereocenters. The number of aliphatic hydroxyl groups is 1. The number of piperazine rings is 1. The van der Waals surface area contributed by atoms with E-state index in [9.17, 15) is 4.91 Å². The van der Waals surface area contributed by atoms with Crippen molar-refractivity contribution in [2.45, 2.75) is 18.6 Å². The summed E-state index contributed by atoms with van der Waals surface area (Å²) in [6.45, 7) is 9.96. The Morgan fingerprint density at radius 1 is 1.25 bits per heavy atom. The lowest BCUT2D eigenvalue weighted by molar-refractivity contribution is 0.108. The Kier molecular flexibility index (Phi) is 5.68. The van der Waals surface area contributed by atoms with E-state index in [-0.39, 0.29) is 11.4 Å². The van der Waals surface area contributed by atoms with Crippen molar-refractivity contribution in [3.63, 3.8) is 0 Å². The molecule has 0 amide bonds. The van der Waals surface area contributed by atoms with Gasteiger partial charge in [0, 0.05) is 60.5 Å². The van der Waals surface area contributed by atoms with Gasteiger partial charge in [-0.25, -0.2) is 0 Å². The SMILES string of the molecule is CC(C)(CN1CCN(CCO)CC1)SN=O. The van der Waals surface area contributed by atoms with Gasteiger partial charge in [0.2, 0.25) is 0 Å². The summed E-state index contributed by atoms with van der Waals surface area (Å²) in [6.07, 6.45) is 0. The fraction of sp³-hybridized carbons (Fsp3) is 1.00. The van der Waals surface area contributed by atoms with E-state index < -0.39 is 0 Å². The van der Waals surface area contributed by atoms with Gasteiger partial charge in [0.05, 0.1) is 6.61 Å². The summed E-state index contributed by atoms with van der Waals surface area (Å²) in [5.74, 6) is 0. The van der Waals surface area contributed by atoms with E-state index in [4.69, 9.17) is 5.11 Å². The number of hydrogen-bond acceptors (Lipinski definition) is 6. The van der Waals surface area contributed by atoms with Crippen LogP contribution in [0.25, 0.3) is 0 Å². The van der Waals surface area contributed by atoms with Crippen molar-refractivity contribution in [2.24, 2.45) is 4.58 Å². The standard InChI is InChI=1S/C10H21N3O2S/c1-10(2,16-11-15)9-13-5-3-12(4-6-13)7-8-14/h14H,3-9H2,1-2H3. The molecule has 1 heterocycles. The monoisotopic (exact) mass is 247 g/mol. The average Bonchev–Trinajstić information content (AvgIpc) is 2.21. The van der Waals surface area contributed by atoms with Crippen LogP contribution in [0.3, 0.4) is 0 Å². The molecule has 0 aromatic rings.